The van der Waals surface area contributed by atoms with Crippen LogP contribution in [0.3, 0.4) is 0 Å². The fraction of sp³-hybridized carbons (Fsp3) is 0.350. The second-order valence-corrected chi connectivity index (χ2v) is 6.73. The van der Waals surface area contributed by atoms with Gasteiger partial charge in [0.2, 0.25) is 0 Å². The van der Waals surface area contributed by atoms with E-state index in [-0.39, 0.29) is 5.91 Å². The molecule has 2 aromatic carbocycles. The van der Waals surface area contributed by atoms with Crippen LogP contribution in [0.4, 0.5) is 5.69 Å². The lowest BCUT2D eigenvalue weighted by Crippen LogP contribution is -2.30. The number of halogens is 1. The lowest BCUT2D eigenvalue weighted by molar-refractivity contribution is -0.122. The maximum atomic E-state index is 12.5. The van der Waals surface area contributed by atoms with E-state index < -0.39 is 6.10 Å². The Kier molecular flexibility index (Phi) is 6.32. The monoisotopic (exact) mass is 361 g/mol. The first-order valence-corrected chi connectivity index (χ1v) is 8.61. The lowest BCUT2D eigenvalue weighted by atomic mass is 10.0. The summed E-state index contributed by atoms with van der Waals surface area (Å²) in [5.41, 5.74) is 2.68. The second kappa shape index (κ2) is 8.26. The maximum Gasteiger partial charge on any atom is 0.265 e. The number of anilines is 1. The van der Waals surface area contributed by atoms with Gasteiger partial charge in [0.25, 0.3) is 5.91 Å². The molecule has 0 spiro atoms. The predicted octanol–water partition coefficient (Wildman–Crippen LogP) is 5.19. The van der Waals surface area contributed by atoms with Crippen molar-refractivity contribution in [2.45, 2.75) is 39.7 Å². The van der Waals surface area contributed by atoms with Crippen molar-refractivity contribution >= 4 is 23.2 Å². The Bertz CT molecular complexity index is 759. The molecule has 2 aromatic rings. The molecule has 0 fully saturated rings. The van der Waals surface area contributed by atoms with Gasteiger partial charge in [-0.3, -0.25) is 4.79 Å². The molecule has 1 amide bonds. The van der Waals surface area contributed by atoms with Crippen LogP contribution in [0.5, 0.6) is 11.5 Å². The average Bonchev–Trinajstić information content (AvgIpc) is 2.54. The number of hydrogen-bond acceptors (Lipinski definition) is 3. The van der Waals surface area contributed by atoms with E-state index >= 15 is 0 Å². The summed E-state index contributed by atoms with van der Waals surface area (Å²) in [6.45, 7) is 7.91. The van der Waals surface area contributed by atoms with Gasteiger partial charge in [0.1, 0.15) is 11.5 Å². The molecule has 0 radical (unpaired) electrons. The molecule has 0 aliphatic heterocycles. The molecule has 0 unspecified atom stereocenters. The summed E-state index contributed by atoms with van der Waals surface area (Å²) in [5, 5.41) is 3.33. The van der Waals surface area contributed by atoms with Gasteiger partial charge in [0, 0.05) is 5.02 Å². The number of hydrogen-bond donors (Lipinski definition) is 1. The van der Waals surface area contributed by atoms with Crippen LogP contribution in [-0.2, 0) is 4.79 Å². The minimum absolute atomic E-state index is 0.267. The zero-order valence-electron chi connectivity index (χ0n) is 15.2. The quantitative estimate of drug-likeness (QED) is 0.770. The highest BCUT2D eigenvalue weighted by molar-refractivity contribution is 6.31. The van der Waals surface area contributed by atoms with E-state index in [4.69, 9.17) is 21.1 Å². The normalized spacial score (nSPS) is 12.0. The third-order valence-electron chi connectivity index (χ3n) is 3.88. The standard InChI is InChI=1S/C20H24ClNO3/c1-12(2)16-8-6-13(3)10-19(16)25-14(4)20(23)22-17-11-15(21)7-9-18(17)24-5/h6-12,14H,1-5H3,(H,22,23)/t14-/m0/s1. The zero-order chi connectivity index (χ0) is 18.6. The van der Waals surface area contributed by atoms with E-state index in [0.29, 0.717) is 22.4 Å². The van der Waals surface area contributed by atoms with Gasteiger partial charge in [0.15, 0.2) is 6.10 Å². The van der Waals surface area contributed by atoms with E-state index in [0.717, 1.165) is 16.9 Å². The van der Waals surface area contributed by atoms with Crippen molar-refractivity contribution in [2.75, 3.05) is 12.4 Å². The summed E-state index contributed by atoms with van der Waals surface area (Å²) in [6.07, 6.45) is -0.664. The van der Waals surface area contributed by atoms with Crippen LogP contribution in [0.15, 0.2) is 36.4 Å². The average molecular weight is 362 g/mol. The lowest BCUT2D eigenvalue weighted by Gasteiger charge is -2.20. The molecule has 2 rings (SSSR count). The van der Waals surface area contributed by atoms with Gasteiger partial charge in [0.05, 0.1) is 12.8 Å². The Labute approximate surface area is 154 Å². The molecule has 1 atom stereocenters. The van der Waals surface area contributed by atoms with Crippen LogP contribution in [0.1, 0.15) is 37.8 Å². The predicted molar refractivity (Wildman–Crippen MR) is 102 cm³/mol. The molecular weight excluding hydrogens is 338 g/mol. The van der Waals surface area contributed by atoms with Crippen molar-refractivity contribution in [3.63, 3.8) is 0 Å². The summed E-state index contributed by atoms with van der Waals surface area (Å²) in [5.74, 6) is 1.31. The molecule has 0 saturated carbocycles. The molecule has 0 aromatic heterocycles. The molecule has 25 heavy (non-hydrogen) atoms. The van der Waals surface area contributed by atoms with E-state index in [1.165, 1.54) is 0 Å². The molecular formula is C20H24ClNO3. The van der Waals surface area contributed by atoms with Gasteiger partial charge in [-0.05, 0) is 55.2 Å². The van der Waals surface area contributed by atoms with Crippen molar-refractivity contribution in [2.24, 2.45) is 0 Å². The molecule has 0 aliphatic rings. The van der Waals surface area contributed by atoms with Crippen molar-refractivity contribution in [1.82, 2.24) is 0 Å². The topological polar surface area (TPSA) is 47.6 Å². The van der Waals surface area contributed by atoms with E-state index in [2.05, 4.69) is 19.2 Å². The van der Waals surface area contributed by atoms with Crippen LogP contribution in [0.25, 0.3) is 0 Å². The first kappa shape index (κ1) is 19.1. The SMILES string of the molecule is COc1ccc(Cl)cc1NC(=O)[C@H](C)Oc1cc(C)ccc1C(C)C. The smallest absolute Gasteiger partial charge is 0.265 e. The number of benzene rings is 2. The number of methoxy groups -OCH3 is 1. The van der Waals surface area contributed by atoms with Gasteiger partial charge in [-0.15, -0.1) is 0 Å². The Morgan fingerprint density at radius 1 is 1.08 bits per heavy atom. The Balaban J connectivity index is 2.16. The summed E-state index contributed by atoms with van der Waals surface area (Å²) >= 11 is 6.00. The number of nitrogens with one attached hydrogen (secondary N) is 1. The van der Waals surface area contributed by atoms with Crippen molar-refractivity contribution < 1.29 is 14.3 Å². The van der Waals surface area contributed by atoms with Crippen molar-refractivity contribution in [3.05, 3.63) is 52.5 Å². The van der Waals surface area contributed by atoms with Crippen molar-refractivity contribution in [1.29, 1.82) is 0 Å². The van der Waals surface area contributed by atoms with Crippen LogP contribution in [-0.4, -0.2) is 19.1 Å². The van der Waals surface area contributed by atoms with E-state index in [1.54, 1.807) is 32.2 Å². The number of carbonyl (C=O) groups is 1. The first-order valence-electron chi connectivity index (χ1n) is 8.23. The fourth-order valence-corrected chi connectivity index (χ4v) is 2.65. The highest BCUT2D eigenvalue weighted by atomic mass is 35.5. The molecule has 134 valence electrons. The third-order valence-corrected chi connectivity index (χ3v) is 4.12. The van der Waals surface area contributed by atoms with E-state index in [9.17, 15) is 4.79 Å². The molecule has 0 aliphatic carbocycles. The maximum absolute atomic E-state index is 12.5. The Hall–Kier alpha value is -2.20. The Morgan fingerprint density at radius 2 is 1.80 bits per heavy atom. The van der Waals surface area contributed by atoms with Crippen molar-refractivity contribution in [3.8, 4) is 11.5 Å². The summed E-state index contributed by atoms with van der Waals surface area (Å²) in [4.78, 5) is 12.5. The summed E-state index contributed by atoms with van der Waals surface area (Å²) in [7, 11) is 1.54. The largest absolute Gasteiger partial charge is 0.495 e. The third kappa shape index (κ3) is 4.89. The first-order chi connectivity index (χ1) is 11.8. The Morgan fingerprint density at radius 3 is 2.44 bits per heavy atom. The zero-order valence-corrected chi connectivity index (χ0v) is 16.0. The minimum atomic E-state index is -0.664. The molecule has 4 nitrogen and oxygen atoms in total. The van der Waals surface area contributed by atoms with E-state index in [1.807, 2.05) is 25.1 Å². The fourth-order valence-electron chi connectivity index (χ4n) is 2.48. The number of aryl methyl sites for hydroxylation is 1. The van der Waals surface area contributed by atoms with Crippen LogP contribution in [0.2, 0.25) is 5.02 Å². The molecule has 0 bridgehead atoms. The second-order valence-electron chi connectivity index (χ2n) is 6.29. The number of ether oxygens (including phenoxy) is 2. The number of rotatable bonds is 6. The number of carbonyl (C=O) groups excluding carboxylic acids is 1. The van der Waals surface area contributed by atoms with Gasteiger partial charge < -0.3 is 14.8 Å². The van der Waals surface area contributed by atoms with Gasteiger partial charge in [-0.25, -0.2) is 0 Å². The summed E-state index contributed by atoms with van der Waals surface area (Å²) in [6, 6.07) is 11.1. The van der Waals surface area contributed by atoms with Gasteiger partial charge in [-0.1, -0.05) is 37.6 Å². The highest BCUT2D eigenvalue weighted by Gasteiger charge is 2.19. The molecule has 1 N–H and O–H groups in total. The summed E-state index contributed by atoms with van der Waals surface area (Å²) < 4.78 is 11.2. The van der Waals surface area contributed by atoms with Gasteiger partial charge in [-0.2, -0.15) is 0 Å². The molecule has 0 saturated heterocycles. The molecule has 5 heteroatoms. The number of amides is 1. The van der Waals surface area contributed by atoms with Gasteiger partial charge >= 0.3 is 0 Å². The van der Waals surface area contributed by atoms with Crippen LogP contribution in [0, 0.1) is 6.92 Å². The molecule has 0 heterocycles. The highest BCUT2D eigenvalue weighted by Crippen LogP contribution is 2.30. The van der Waals surface area contributed by atoms with Crippen LogP contribution >= 0.6 is 11.6 Å². The minimum Gasteiger partial charge on any atom is -0.495 e. The van der Waals surface area contributed by atoms with Crippen LogP contribution < -0.4 is 14.8 Å².